The summed E-state index contributed by atoms with van der Waals surface area (Å²) in [5, 5.41) is 20.4. The minimum atomic E-state index is 0.918. The number of benzene rings is 21. The van der Waals surface area contributed by atoms with Crippen LogP contribution in [0, 0.1) is 0 Å². The number of rotatable bonds is 9. The largest absolute Gasteiger partial charge is 0.309 e. The molecule has 0 radical (unpaired) electrons. The van der Waals surface area contributed by atoms with Crippen LogP contribution >= 0.6 is 0 Å². The van der Waals surface area contributed by atoms with Gasteiger partial charge in [-0.05, 0) is 216 Å². The number of nitrogens with zero attached hydrogens (tertiary/aromatic N) is 9. The van der Waals surface area contributed by atoms with Gasteiger partial charge in [0.2, 0.25) is 0 Å². The second kappa shape index (κ2) is 33.0. The summed E-state index contributed by atoms with van der Waals surface area (Å²) < 4.78 is 18.8. The Morgan fingerprint density at radius 3 is 0.496 bits per heavy atom. The Morgan fingerprint density at radius 2 is 0.291 bits per heavy atom. The zero-order valence-corrected chi connectivity index (χ0v) is 76.8. The van der Waals surface area contributed by atoms with Crippen molar-refractivity contribution in [2.45, 2.75) is 6.42 Å². The van der Waals surface area contributed by atoms with Crippen LogP contribution < -0.4 is 0 Å². The zero-order chi connectivity index (χ0) is 92.7. The summed E-state index contributed by atoms with van der Waals surface area (Å²) in [5.41, 5.74) is 34.5. The van der Waals surface area contributed by atoms with Crippen molar-refractivity contribution < 1.29 is 0 Å². The van der Waals surface area contributed by atoms with Gasteiger partial charge in [-0.25, -0.2) is 4.98 Å². The van der Waals surface area contributed by atoms with Gasteiger partial charge >= 0.3 is 0 Å². The molecule has 31 rings (SSSR count). The molecule has 0 bridgehead atoms. The van der Waals surface area contributed by atoms with Crippen molar-refractivity contribution in [2.75, 3.05) is 0 Å². The van der Waals surface area contributed by atoms with Gasteiger partial charge in [0.05, 0.1) is 88.3 Å². The Kier molecular flexibility index (Phi) is 18.9. The molecule has 1 aliphatic rings. The number of pyridine rings is 1. The van der Waals surface area contributed by atoms with Crippen molar-refractivity contribution in [1.29, 1.82) is 0 Å². The van der Waals surface area contributed by atoms with Crippen LogP contribution in [0.2, 0.25) is 0 Å². The van der Waals surface area contributed by atoms with Crippen molar-refractivity contribution in [1.82, 2.24) is 41.5 Å². The SMILES string of the molecule is c1cc(-n2c3ccccc3c3ccccc32)cc(-n2c3ccccc3c3ccccc32)c1.c1cc(-n2c3ccccc3c3ccccc32)nc(-n2c3ccccc3c3ccccc32)c1.c1ccc2c(c1)c1ccccc1n2-c1ccc(-c2ccc(-n3c4ccccc4c4ccccc43)cc2)cc1.c1ccc2c(c1)c1ccccc1n2-c1ccc2c(c1)-c1cc(-n3c4ccccc4c4ccccc43)ccc1C2. The number of aromatic nitrogens is 9. The first-order valence-electron chi connectivity index (χ1n) is 48.4. The number of para-hydroxylation sites is 16. The van der Waals surface area contributed by atoms with Crippen molar-refractivity contribution in [3.05, 3.63) is 527 Å². The summed E-state index contributed by atoms with van der Waals surface area (Å²) in [6.07, 6.45) is 0.978. The van der Waals surface area contributed by atoms with Crippen LogP contribution in [-0.2, 0) is 6.42 Å². The predicted octanol–water partition coefficient (Wildman–Crippen LogP) is 34.2. The molecule has 0 spiro atoms. The van der Waals surface area contributed by atoms with Crippen LogP contribution in [0.25, 0.3) is 242 Å². The molecule has 9 aromatic heterocycles. The van der Waals surface area contributed by atoms with E-state index in [1.165, 1.54) is 242 Å². The van der Waals surface area contributed by atoms with Crippen LogP contribution in [0.5, 0.6) is 0 Å². The van der Waals surface area contributed by atoms with E-state index in [-0.39, 0.29) is 0 Å². The van der Waals surface area contributed by atoms with E-state index < -0.39 is 0 Å². The second-order valence-corrected chi connectivity index (χ2v) is 36.8. The third-order valence-corrected chi connectivity index (χ3v) is 29.1. The summed E-state index contributed by atoms with van der Waals surface area (Å²) >= 11 is 0. The molecule has 30 aromatic rings. The van der Waals surface area contributed by atoms with E-state index in [9.17, 15) is 0 Å². The Balaban J connectivity index is 0.0000000924. The van der Waals surface area contributed by atoms with E-state index in [1.54, 1.807) is 0 Å². The number of hydrogen-bond donors (Lipinski definition) is 0. The summed E-state index contributed by atoms with van der Waals surface area (Å²) in [5.74, 6) is 1.84. The number of fused-ring (bicyclic) bond motifs is 27. The first-order valence-corrected chi connectivity index (χ1v) is 48.4. The zero-order valence-electron chi connectivity index (χ0n) is 76.8. The van der Waals surface area contributed by atoms with Crippen molar-refractivity contribution in [2.24, 2.45) is 0 Å². The Hall–Kier alpha value is -18.8. The highest BCUT2D eigenvalue weighted by molar-refractivity contribution is 6.16. The minimum Gasteiger partial charge on any atom is -0.309 e. The molecule has 0 aliphatic heterocycles. The maximum Gasteiger partial charge on any atom is 0.140 e. The van der Waals surface area contributed by atoms with Crippen LogP contribution in [0.15, 0.2) is 516 Å². The van der Waals surface area contributed by atoms with Crippen molar-refractivity contribution in [3.8, 4) is 68.0 Å². The molecule has 0 atom stereocenters. The molecule has 660 valence electrons. The van der Waals surface area contributed by atoms with Crippen LogP contribution in [0.1, 0.15) is 11.1 Å². The molecule has 21 aromatic carbocycles. The summed E-state index contributed by atoms with van der Waals surface area (Å²) in [6.45, 7) is 0. The fourth-order valence-electron chi connectivity index (χ4n) is 23.0. The van der Waals surface area contributed by atoms with Gasteiger partial charge in [0, 0.05) is 120 Å². The fourth-order valence-corrected chi connectivity index (χ4v) is 23.0. The lowest BCUT2D eigenvalue weighted by Crippen LogP contribution is -2.02. The molecule has 0 amide bonds. The fraction of sp³-hybridized carbons (Fsp3) is 0.00758. The van der Waals surface area contributed by atoms with E-state index in [1.807, 2.05) is 0 Å². The molecular formula is C132H87N9. The predicted molar refractivity (Wildman–Crippen MR) is 592 cm³/mol. The first kappa shape index (κ1) is 80.6. The lowest BCUT2D eigenvalue weighted by molar-refractivity contribution is 1.01. The first-order chi connectivity index (χ1) is 70.0. The van der Waals surface area contributed by atoms with Gasteiger partial charge in [-0.3, -0.25) is 9.13 Å². The van der Waals surface area contributed by atoms with Gasteiger partial charge in [0.1, 0.15) is 11.6 Å². The lowest BCUT2D eigenvalue weighted by Gasteiger charge is -2.12. The second-order valence-electron chi connectivity index (χ2n) is 36.8. The molecular weight excluding hydrogens is 1710 g/mol. The molecule has 9 heteroatoms. The van der Waals surface area contributed by atoms with E-state index in [0.29, 0.717) is 0 Å². The Labute approximate surface area is 811 Å². The lowest BCUT2D eigenvalue weighted by atomic mass is 10.0. The highest BCUT2D eigenvalue weighted by Crippen LogP contribution is 2.46. The smallest absolute Gasteiger partial charge is 0.140 e. The van der Waals surface area contributed by atoms with Gasteiger partial charge in [-0.1, -0.05) is 340 Å². The van der Waals surface area contributed by atoms with E-state index in [0.717, 1.165) is 18.1 Å². The molecule has 9 heterocycles. The molecule has 1 aliphatic carbocycles. The summed E-state index contributed by atoms with van der Waals surface area (Å²) in [6, 6.07) is 185. The standard InChI is InChI=1S/C37H24N2.C36H24N2.C30H20N2.C29H19N3/c1-5-13-34-28(9-1)29-10-2-6-14-35(29)38(34)26-19-17-24-21-25-18-20-27(23-33(25)32(24)22-26)39-36-15-7-3-11-30(36)31-12-4-8-16-37(31)39;1-5-13-33-29(9-1)30-10-2-6-14-34(30)37(33)27-21-17-25(18-22-27)26-19-23-28(24-20-26)38-35-15-7-3-11-31(35)32-12-4-8-16-36(32)38;1-5-16-27-23(12-1)24-13-2-6-17-28(24)31(27)21-10-9-11-22(20-21)32-29-18-7-3-14-25(29)26-15-4-8-19-30(26)32;1-5-14-24-20(10-1)21-11-2-6-15-25(21)31(24)28-18-9-19-29(30-28)32-26-16-7-3-12-22(26)23-13-4-8-17-27(23)32/h1-20,22-23H,21H2;1-24H;1-20H;1-19H. The third kappa shape index (κ3) is 13.0. The molecule has 0 saturated heterocycles. The summed E-state index contributed by atoms with van der Waals surface area (Å²) in [4.78, 5) is 5.18. The Morgan fingerprint density at radius 1 is 0.128 bits per heavy atom. The van der Waals surface area contributed by atoms with E-state index in [4.69, 9.17) is 4.98 Å². The number of hydrogen-bond acceptors (Lipinski definition) is 1. The monoisotopic (exact) mass is 1800 g/mol. The van der Waals surface area contributed by atoms with E-state index in [2.05, 4.69) is 552 Å². The maximum atomic E-state index is 5.18. The van der Waals surface area contributed by atoms with E-state index >= 15 is 0 Å². The van der Waals surface area contributed by atoms with Crippen LogP contribution in [0.3, 0.4) is 0 Å². The normalized spacial score (nSPS) is 11.9. The molecule has 0 fully saturated rings. The average Bonchev–Trinajstić information content (AvgIpc) is 1.59. The van der Waals surface area contributed by atoms with Gasteiger partial charge < -0.3 is 27.4 Å². The van der Waals surface area contributed by atoms with Crippen molar-refractivity contribution >= 4 is 174 Å². The van der Waals surface area contributed by atoms with Gasteiger partial charge in [0.25, 0.3) is 0 Å². The highest BCUT2D eigenvalue weighted by Gasteiger charge is 2.26. The minimum absolute atomic E-state index is 0.918. The average molecular weight is 1800 g/mol. The topological polar surface area (TPSA) is 52.3 Å². The summed E-state index contributed by atoms with van der Waals surface area (Å²) in [7, 11) is 0. The molecule has 0 N–H and O–H groups in total. The molecule has 9 nitrogen and oxygen atoms in total. The molecule has 0 unspecified atom stereocenters. The Bertz CT molecular complexity index is 9000. The quantitative estimate of drug-likeness (QED) is 0.142. The molecule has 141 heavy (non-hydrogen) atoms. The van der Waals surface area contributed by atoms with Crippen LogP contribution in [-0.4, -0.2) is 41.5 Å². The van der Waals surface area contributed by atoms with Gasteiger partial charge in [-0.15, -0.1) is 0 Å². The molecule has 0 saturated carbocycles. The van der Waals surface area contributed by atoms with Crippen LogP contribution in [0.4, 0.5) is 0 Å². The van der Waals surface area contributed by atoms with Gasteiger partial charge in [-0.2, -0.15) is 0 Å². The highest BCUT2D eigenvalue weighted by atomic mass is 15.1. The van der Waals surface area contributed by atoms with Crippen molar-refractivity contribution in [3.63, 3.8) is 0 Å². The maximum absolute atomic E-state index is 5.18. The van der Waals surface area contributed by atoms with Gasteiger partial charge in [0.15, 0.2) is 0 Å². The third-order valence-electron chi connectivity index (χ3n) is 29.1.